The molecule has 0 N–H and O–H groups in total. The number of hydrogen-bond donors (Lipinski definition) is 0. The lowest BCUT2D eigenvalue weighted by Gasteiger charge is -2.22. The van der Waals surface area contributed by atoms with Crippen LogP contribution in [0, 0.1) is 0 Å². The summed E-state index contributed by atoms with van der Waals surface area (Å²) in [6.45, 7) is 4.78. The lowest BCUT2D eigenvalue weighted by atomic mass is 9.81. The molecule has 244 valence electrons. The van der Waals surface area contributed by atoms with Crippen molar-refractivity contribution in [2.24, 2.45) is 0 Å². The fraction of sp³-hybridized carbons (Fsp3) is 0.0588. The first-order valence-electron chi connectivity index (χ1n) is 18.2. The standard InChI is InChI=1S/C51H34S/c1-51(2)44-28-27-42-37-13-9-10-18-46(37)52-50(42)49(44)43-26-25-35(30-45(43)51)32-19-22-33(23-20-32)47-38-14-5-7-16-40(38)48(41-17-8-6-15-39(41)47)36-24-21-31-11-3-4-12-34(31)29-36/h3-30H,1-2H3. The highest BCUT2D eigenvalue weighted by molar-refractivity contribution is 7.26. The Morgan fingerprint density at radius 1 is 0.365 bits per heavy atom. The molecular formula is C51H34S. The smallest absolute Gasteiger partial charge is 0.0437 e. The summed E-state index contributed by atoms with van der Waals surface area (Å²) >= 11 is 1.93. The van der Waals surface area contributed by atoms with E-state index in [9.17, 15) is 0 Å². The van der Waals surface area contributed by atoms with Crippen molar-refractivity contribution >= 4 is 63.8 Å². The van der Waals surface area contributed by atoms with Crippen LogP contribution in [0.15, 0.2) is 170 Å². The number of rotatable bonds is 3. The van der Waals surface area contributed by atoms with Crippen LogP contribution in [0.1, 0.15) is 25.0 Å². The van der Waals surface area contributed by atoms with Crippen molar-refractivity contribution in [3.8, 4) is 44.5 Å². The summed E-state index contributed by atoms with van der Waals surface area (Å²) < 4.78 is 2.77. The van der Waals surface area contributed by atoms with E-state index in [0.29, 0.717) is 0 Å². The van der Waals surface area contributed by atoms with E-state index in [4.69, 9.17) is 0 Å². The van der Waals surface area contributed by atoms with Crippen LogP contribution in [0.5, 0.6) is 0 Å². The Hall–Kier alpha value is -6.02. The van der Waals surface area contributed by atoms with Crippen LogP contribution in [0.25, 0.3) is 97.0 Å². The third kappa shape index (κ3) is 4.21. The minimum absolute atomic E-state index is 0.0738. The van der Waals surface area contributed by atoms with E-state index in [-0.39, 0.29) is 5.41 Å². The molecule has 0 fully saturated rings. The maximum absolute atomic E-state index is 2.45. The number of hydrogen-bond acceptors (Lipinski definition) is 1. The average Bonchev–Trinajstić information content (AvgIpc) is 3.68. The predicted octanol–water partition coefficient (Wildman–Crippen LogP) is 14.8. The minimum atomic E-state index is -0.0738. The summed E-state index contributed by atoms with van der Waals surface area (Å²) in [6.07, 6.45) is 0. The Kier molecular flexibility index (Phi) is 6.27. The van der Waals surface area contributed by atoms with Crippen LogP contribution in [-0.4, -0.2) is 0 Å². The van der Waals surface area contributed by atoms with Crippen LogP contribution < -0.4 is 0 Å². The highest BCUT2D eigenvalue weighted by atomic mass is 32.1. The Labute approximate surface area is 307 Å². The van der Waals surface area contributed by atoms with E-state index in [0.717, 1.165) is 0 Å². The maximum Gasteiger partial charge on any atom is 0.0437 e. The largest absolute Gasteiger partial charge is 0.135 e. The van der Waals surface area contributed by atoms with Gasteiger partial charge in [0, 0.05) is 31.2 Å². The van der Waals surface area contributed by atoms with E-state index in [1.807, 2.05) is 11.3 Å². The topological polar surface area (TPSA) is 0 Å². The van der Waals surface area contributed by atoms with Crippen molar-refractivity contribution in [3.63, 3.8) is 0 Å². The molecule has 9 aromatic carbocycles. The third-order valence-corrected chi connectivity index (χ3v) is 12.9. The first-order valence-corrected chi connectivity index (χ1v) is 19.0. The molecule has 10 aromatic rings. The summed E-state index contributed by atoms with van der Waals surface area (Å²) in [4.78, 5) is 0. The molecule has 0 atom stereocenters. The Bertz CT molecular complexity index is 3030. The molecule has 1 aliphatic carbocycles. The minimum Gasteiger partial charge on any atom is -0.135 e. The Balaban J connectivity index is 1.04. The van der Waals surface area contributed by atoms with Crippen molar-refractivity contribution in [2.45, 2.75) is 19.3 Å². The SMILES string of the molecule is CC1(C)c2cc(-c3ccc(-c4c5ccccc5c(-c5ccc6ccccc6c5)c5ccccc45)cc3)ccc2-c2c1ccc1c2sc2ccccc21. The molecule has 1 aliphatic rings. The van der Waals surface area contributed by atoms with E-state index in [2.05, 4.69) is 184 Å². The van der Waals surface area contributed by atoms with Crippen molar-refractivity contribution in [1.29, 1.82) is 0 Å². The summed E-state index contributed by atoms with van der Waals surface area (Å²) in [5.74, 6) is 0. The van der Waals surface area contributed by atoms with Crippen LogP contribution in [-0.2, 0) is 5.41 Å². The van der Waals surface area contributed by atoms with E-state index in [1.54, 1.807) is 0 Å². The van der Waals surface area contributed by atoms with Gasteiger partial charge >= 0.3 is 0 Å². The predicted molar refractivity (Wildman–Crippen MR) is 226 cm³/mol. The molecule has 0 saturated carbocycles. The van der Waals surface area contributed by atoms with Gasteiger partial charge in [0.2, 0.25) is 0 Å². The van der Waals surface area contributed by atoms with Gasteiger partial charge in [-0.3, -0.25) is 0 Å². The fourth-order valence-electron chi connectivity index (χ4n) is 9.11. The summed E-state index contributed by atoms with van der Waals surface area (Å²) in [5.41, 5.74) is 13.2. The first-order chi connectivity index (χ1) is 25.5. The Morgan fingerprint density at radius 3 is 1.63 bits per heavy atom. The molecule has 1 heteroatoms. The van der Waals surface area contributed by atoms with Gasteiger partial charge in [0.15, 0.2) is 0 Å². The normalized spacial score (nSPS) is 13.3. The lowest BCUT2D eigenvalue weighted by molar-refractivity contribution is 0.661. The van der Waals surface area contributed by atoms with Crippen molar-refractivity contribution in [2.75, 3.05) is 0 Å². The van der Waals surface area contributed by atoms with E-state index >= 15 is 0 Å². The van der Waals surface area contributed by atoms with Crippen molar-refractivity contribution in [3.05, 3.63) is 181 Å². The number of thiophene rings is 1. The van der Waals surface area contributed by atoms with Crippen LogP contribution in [0.2, 0.25) is 0 Å². The second-order valence-corrected chi connectivity index (χ2v) is 15.9. The molecule has 52 heavy (non-hydrogen) atoms. The van der Waals surface area contributed by atoms with Crippen LogP contribution >= 0.6 is 11.3 Å². The van der Waals surface area contributed by atoms with Gasteiger partial charge in [-0.2, -0.15) is 0 Å². The molecule has 0 bridgehead atoms. The summed E-state index contributed by atoms with van der Waals surface area (Å²) in [6, 6.07) is 63.4. The fourth-order valence-corrected chi connectivity index (χ4v) is 10.4. The molecule has 0 aliphatic heterocycles. The molecule has 11 rings (SSSR count). The highest BCUT2D eigenvalue weighted by Gasteiger charge is 2.37. The zero-order valence-electron chi connectivity index (χ0n) is 29.1. The van der Waals surface area contributed by atoms with E-state index in [1.165, 1.54) is 108 Å². The van der Waals surface area contributed by atoms with Gasteiger partial charge in [-0.05, 0) is 101 Å². The monoisotopic (exact) mass is 678 g/mol. The van der Waals surface area contributed by atoms with Crippen LogP contribution in [0.4, 0.5) is 0 Å². The molecule has 0 spiro atoms. The molecule has 0 unspecified atom stereocenters. The van der Waals surface area contributed by atoms with Gasteiger partial charge < -0.3 is 0 Å². The second-order valence-electron chi connectivity index (χ2n) is 14.8. The molecule has 1 aromatic heterocycles. The molecule has 0 radical (unpaired) electrons. The summed E-state index contributed by atoms with van der Waals surface area (Å²) in [5, 5.41) is 10.4. The van der Waals surface area contributed by atoms with Gasteiger partial charge in [-0.25, -0.2) is 0 Å². The number of fused-ring (bicyclic) bond motifs is 10. The molecule has 0 nitrogen and oxygen atoms in total. The molecular weight excluding hydrogens is 645 g/mol. The van der Waals surface area contributed by atoms with Gasteiger partial charge in [0.1, 0.15) is 0 Å². The lowest BCUT2D eigenvalue weighted by Crippen LogP contribution is -2.14. The molecule has 1 heterocycles. The van der Waals surface area contributed by atoms with Gasteiger partial charge in [0.05, 0.1) is 0 Å². The van der Waals surface area contributed by atoms with Crippen molar-refractivity contribution < 1.29 is 0 Å². The van der Waals surface area contributed by atoms with Gasteiger partial charge in [-0.15, -0.1) is 11.3 Å². The van der Waals surface area contributed by atoms with Gasteiger partial charge in [-0.1, -0.05) is 166 Å². The zero-order chi connectivity index (χ0) is 34.6. The van der Waals surface area contributed by atoms with E-state index < -0.39 is 0 Å². The second kappa shape index (κ2) is 11.0. The molecule has 0 saturated heterocycles. The first kappa shape index (κ1) is 29.7. The number of benzene rings is 9. The quantitative estimate of drug-likeness (QED) is 0.163. The molecule has 0 amide bonds. The van der Waals surface area contributed by atoms with Crippen molar-refractivity contribution in [1.82, 2.24) is 0 Å². The zero-order valence-corrected chi connectivity index (χ0v) is 29.9. The summed E-state index contributed by atoms with van der Waals surface area (Å²) in [7, 11) is 0. The highest BCUT2D eigenvalue weighted by Crippen LogP contribution is 2.54. The Morgan fingerprint density at radius 2 is 0.923 bits per heavy atom. The average molecular weight is 679 g/mol. The maximum atomic E-state index is 2.45. The van der Waals surface area contributed by atoms with Gasteiger partial charge in [0.25, 0.3) is 0 Å². The third-order valence-electron chi connectivity index (χ3n) is 11.7. The van der Waals surface area contributed by atoms with Crippen LogP contribution in [0.3, 0.4) is 0 Å².